The fourth-order valence-corrected chi connectivity index (χ4v) is 3.44. The molecule has 0 radical (unpaired) electrons. The Bertz CT molecular complexity index is 714. The molecule has 2 aromatic rings. The molecule has 0 spiro atoms. The van der Waals surface area contributed by atoms with Crippen molar-refractivity contribution in [2.45, 2.75) is 11.5 Å². The first-order valence-electron chi connectivity index (χ1n) is 5.84. The number of nitrogens with two attached hydrogens (primary N) is 1. The molecule has 0 aliphatic heterocycles. The topological polar surface area (TPSA) is 60.2 Å². The minimum Gasteiger partial charge on any atom is -0.399 e. The summed E-state index contributed by atoms with van der Waals surface area (Å²) in [6, 6.07) is 10.5. The zero-order valence-corrected chi connectivity index (χ0v) is 12.1. The van der Waals surface area contributed by atoms with Gasteiger partial charge in [-0.1, -0.05) is 29.8 Å². The van der Waals surface area contributed by atoms with E-state index in [1.165, 1.54) is 12.1 Å². The predicted molar refractivity (Wildman–Crippen MR) is 78.6 cm³/mol. The fraction of sp³-hybridized carbons (Fsp3) is 0.143. The lowest BCUT2D eigenvalue weighted by molar-refractivity contribution is 0.586. The molecule has 3 nitrogen and oxygen atoms in total. The first-order valence-corrected chi connectivity index (χ1v) is 8.04. The van der Waals surface area contributed by atoms with Crippen molar-refractivity contribution in [3.05, 3.63) is 64.4 Å². The van der Waals surface area contributed by atoms with Crippen LogP contribution >= 0.6 is 11.6 Å². The lowest BCUT2D eigenvalue weighted by atomic mass is 10.2. The maximum Gasteiger partial charge on any atom is 0.158 e. The van der Waals surface area contributed by atoms with E-state index in [2.05, 4.69) is 0 Å². The molecule has 6 heteroatoms. The molecule has 0 fully saturated rings. The van der Waals surface area contributed by atoms with Crippen molar-refractivity contribution in [3.63, 3.8) is 0 Å². The second kappa shape index (κ2) is 5.81. The summed E-state index contributed by atoms with van der Waals surface area (Å²) in [5, 5.41) is 0.538. The third-order valence-electron chi connectivity index (χ3n) is 2.75. The molecule has 0 atom stereocenters. The number of nitrogen functional groups attached to an aromatic ring is 1. The molecule has 106 valence electrons. The molecule has 2 rings (SSSR count). The second-order valence-electron chi connectivity index (χ2n) is 4.51. The van der Waals surface area contributed by atoms with Crippen molar-refractivity contribution in [2.75, 3.05) is 5.73 Å². The zero-order chi connectivity index (χ0) is 14.8. The van der Waals surface area contributed by atoms with E-state index in [0.29, 0.717) is 10.6 Å². The minimum atomic E-state index is -3.46. The van der Waals surface area contributed by atoms with Gasteiger partial charge in [0, 0.05) is 16.3 Å². The number of hydrogen-bond acceptors (Lipinski definition) is 3. The van der Waals surface area contributed by atoms with Crippen molar-refractivity contribution < 1.29 is 12.8 Å². The van der Waals surface area contributed by atoms with E-state index >= 15 is 0 Å². The van der Waals surface area contributed by atoms with Gasteiger partial charge < -0.3 is 5.73 Å². The Morgan fingerprint density at radius 2 is 1.70 bits per heavy atom. The average Bonchev–Trinajstić information content (AvgIpc) is 2.35. The Balaban J connectivity index is 2.17. The van der Waals surface area contributed by atoms with Gasteiger partial charge in [-0.2, -0.15) is 0 Å². The summed E-state index contributed by atoms with van der Waals surface area (Å²) in [6.45, 7) is 0. The SMILES string of the molecule is Nc1ccc(CS(=O)(=O)Cc2ccc(Cl)cc2)c(F)c1. The Morgan fingerprint density at radius 3 is 2.30 bits per heavy atom. The molecule has 20 heavy (non-hydrogen) atoms. The van der Waals surface area contributed by atoms with Gasteiger partial charge in [0.2, 0.25) is 0 Å². The number of halogens is 2. The van der Waals surface area contributed by atoms with Crippen LogP contribution in [0, 0.1) is 5.82 Å². The first-order chi connectivity index (χ1) is 9.35. The van der Waals surface area contributed by atoms with Crippen LogP contribution in [-0.2, 0) is 21.3 Å². The molecule has 0 amide bonds. The van der Waals surface area contributed by atoms with Crippen LogP contribution in [0.4, 0.5) is 10.1 Å². The normalized spacial score (nSPS) is 11.5. The molecule has 0 aliphatic carbocycles. The van der Waals surface area contributed by atoms with E-state index in [1.54, 1.807) is 24.3 Å². The highest BCUT2D eigenvalue weighted by molar-refractivity contribution is 7.89. The Kier molecular flexibility index (Phi) is 4.30. The quantitative estimate of drug-likeness (QED) is 0.882. The smallest absolute Gasteiger partial charge is 0.158 e. The van der Waals surface area contributed by atoms with Crippen LogP contribution in [0.1, 0.15) is 11.1 Å². The Labute approximate surface area is 122 Å². The van der Waals surface area contributed by atoms with Gasteiger partial charge >= 0.3 is 0 Å². The van der Waals surface area contributed by atoms with Gasteiger partial charge in [-0.25, -0.2) is 12.8 Å². The van der Waals surface area contributed by atoms with E-state index in [-0.39, 0.29) is 22.8 Å². The molecule has 0 unspecified atom stereocenters. The summed E-state index contributed by atoms with van der Waals surface area (Å²) in [5.41, 5.74) is 6.43. The van der Waals surface area contributed by atoms with Gasteiger partial charge in [0.05, 0.1) is 11.5 Å². The van der Waals surface area contributed by atoms with Crippen LogP contribution in [0.3, 0.4) is 0 Å². The molecule has 2 N–H and O–H groups in total. The molecule has 0 heterocycles. The highest BCUT2D eigenvalue weighted by atomic mass is 35.5. The van der Waals surface area contributed by atoms with Crippen molar-refractivity contribution in [2.24, 2.45) is 0 Å². The summed E-state index contributed by atoms with van der Waals surface area (Å²) in [6.07, 6.45) is 0. The van der Waals surface area contributed by atoms with Gasteiger partial charge in [-0.3, -0.25) is 0 Å². The number of hydrogen-bond donors (Lipinski definition) is 1. The third kappa shape index (κ3) is 3.95. The lowest BCUT2D eigenvalue weighted by Gasteiger charge is -2.07. The van der Waals surface area contributed by atoms with E-state index in [1.807, 2.05) is 0 Å². The van der Waals surface area contributed by atoms with Gasteiger partial charge in [-0.05, 0) is 29.8 Å². The average molecular weight is 314 g/mol. The van der Waals surface area contributed by atoms with E-state index in [4.69, 9.17) is 17.3 Å². The summed E-state index contributed by atoms with van der Waals surface area (Å²) < 4.78 is 37.7. The molecule has 2 aromatic carbocycles. The Hall–Kier alpha value is -1.59. The summed E-state index contributed by atoms with van der Waals surface area (Å²) in [7, 11) is -3.46. The summed E-state index contributed by atoms with van der Waals surface area (Å²) in [5.74, 6) is -1.12. The van der Waals surface area contributed by atoms with Gasteiger partial charge in [0.1, 0.15) is 5.82 Å². The second-order valence-corrected chi connectivity index (χ2v) is 7.01. The van der Waals surface area contributed by atoms with Gasteiger partial charge in [-0.15, -0.1) is 0 Å². The first kappa shape index (κ1) is 14.8. The third-order valence-corrected chi connectivity index (χ3v) is 4.53. The van der Waals surface area contributed by atoms with E-state index in [9.17, 15) is 12.8 Å². The van der Waals surface area contributed by atoms with Crippen molar-refractivity contribution in [1.29, 1.82) is 0 Å². The van der Waals surface area contributed by atoms with Crippen LogP contribution < -0.4 is 5.73 Å². The molecule has 0 aromatic heterocycles. The maximum absolute atomic E-state index is 13.6. The van der Waals surface area contributed by atoms with Crippen LogP contribution in [0.15, 0.2) is 42.5 Å². The number of anilines is 1. The van der Waals surface area contributed by atoms with Crippen LogP contribution in [0.5, 0.6) is 0 Å². The highest BCUT2D eigenvalue weighted by Crippen LogP contribution is 2.18. The predicted octanol–water partition coefficient (Wildman–Crippen LogP) is 3.18. The molecule has 0 saturated heterocycles. The summed E-state index contributed by atoms with van der Waals surface area (Å²) in [4.78, 5) is 0. The summed E-state index contributed by atoms with van der Waals surface area (Å²) >= 11 is 5.74. The highest BCUT2D eigenvalue weighted by Gasteiger charge is 2.16. The molecular weight excluding hydrogens is 301 g/mol. The zero-order valence-electron chi connectivity index (χ0n) is 10.5. The Morgan fingerprint density at radius 1 is 1.05 bits per heavy atom. The maximum atomic E-state index is 13.6. The number of sulfone groups is 1. The van der Waals surface area contributed by atoms with Gasteiger partial charge in [0.15, 0.2) is 9.84 Å². The lowest BCUT2D eigenvalue weighted by Crippen LogP contribution is -2.09. The van der Waals surface area contributed by atoms with Gasteiger partial charge in [0.25, 0.3) is 0 Å². The van der Waals surface area contributed by atoms with Crippen molar-refractivity contribution in [3.8, 4) is 0 Å². The van der Waals surface area contributed by atoms with Crippen molar-refractivity contribution in [1.82, 2.24) is 0 Å². The molecule has 0 aliphatic rings. The van der Waals surface area contributed by atoms with Crippen LogP contribution in [0.25, 0.3) is 0 Å². The molecule has 0 bridgehead atoms. The monoisotopic (exact) mass is 313 g/mol. The van der Waals surface area contributed by atoms with Crippen LogP contribution in [-0.4, -0.2) is 8.42 Å². The number of benzene rings is 2. The molecule has 0 saturated carbocycles. The van der Waals surface area contributed by atoms with E-state index < -0.39 is 15.7 Å². The van der Waals surface area contributed by atoms with E-state index in [0.717, 1.165) is 6.07 Å². The molecular formula is C14H13ClFNO2S. The standard InChI is InChI=1S/C14H13ClFNO2S/c15-12-4-1-10(2-5-12)8-20(18,19)9-11-3-6-13(17)7-14(11)16/h1-7H,8-9,17H2. The number of rotatable bonds is 4. The minimum absolute atomic E-state index is 0.119. The van der Waals surface area contributed by atoms with Crippen molar-refractivity contribution >= 4 is 27.1 Å². The largest absolute Gasteiger partial charge is 0.399 e. The fourth-order valence-electron chi connectivity index (χ4n) is 1.80. The van der Waals surface area contributed by atoms with Crippen LogP contribution in [0.2, 0.25) is 5.02 Å².